The molecule has 0 bridgehead atoms. The van der Waals surface area contributed by atoms with Gasteiger partial charge in [-0.3, -0.25) is 4.79 Å². The van der Waals surface area contributed by atoms with Gasteiger partial charge in [-0.25, -0.2) is 9.97 Å². The number of aromatic nitrogens is 2. The second-order valence-electron chi connectivity index (χ2n) is 5.34. The fraction of sp³-hybridized carbons (Fsp3) is 0.312. The van der Waals surface area contributed by atoms with E-state index >= 15 is 0 Å². The Morgan fingerprint density at radius 2 is 2.14 bits per heavy atom. The first-order chi connectivity index (χ1) is 10.7. The summed E-state index contributed by atoms with van der Waals surface area (Å²) in [5, 5.41) is 6.85. The molecule has 1 fully saturated rings. The number of carbonyl (C=O) groups excluding carboxylic acids is 1. The highest BCUT2D eigenvalue weighted by Gasteiger charge is 2.24. The zero-order chi connectivity index (χ0) is 15.4. The third kappa shape index (κ3) is 4.18. The van der Waals surface area contributed by atoms with Crippen LogP contribution in [-0.2, 0) is 6.42 Å². The third-order valence-electron chi connectivity index (χ3n) is 3.42. The van der Waals surface area contributed by atoms with E-state index in [0.717, 1.165) is 29.8 Å². The lowest BCUT2D eigenvalue weighted by atomic mass is 10.1. The van der Waals surface area contributed by atoms with Gasteiger partial charge in [0.1, 0.15) is 17.8 Å². The van der Waals surface area contributed by atoms with E-state index in [-0.39, 0.29) is 5.91 Å². The standard InChI is InChI=1S/C16H17ClN4O/c17-12-3-1-2-11(8-12)6-7-18-15-9-14(19-10-20-15)16(22)21-13-4-5-13/h1-3,8-10,13H,4-7H2,(H,21,22)(H,18,19,20). The van der Waals surface area contributed by atoms with Crippen molar-refractivity contribution in [2.24, 2.45) is 0 Å². The maximum atomic E-state index is 11.9. The van der Waals surface area contributed by atoms with E-state index in [1.807, 2.05) is 24.3 Å². The van der Waals surface area contributed by atoms with E-state index in [4.69, 9.17) is 11.6 Å². The van der Waals surface area contributed by atoms with E-state index in [1.165, 1.54) is 6.33 Å². The SMILES string of the molecule is O=C(NC1CC1)c1cc(NCCc2cccc(Cl)c2)ncn1. The largest absolute Gasteiger partial charge is 0.370 e. The Kier molecular flexibility index (Phi) is 4.53. The van der Waals surface area contributed by atoms with E-state index in [1.54, 1.807) is 6.07 Å². The first-order valence-corrected chi connectivity index (χ1v) is 7.70. The molecule has 114 valence electrons. The highest BCUT2D eigenvalue weighted by Crippen LogP contribution is 2.19. The van der Waals surface area contributed by atoms with Crippen LogP contribution in [0.3, 0.4) is 0 Å². The summed E-state index contributed by atoms with van der Waals surface area (Å²) in [6.07, 6.45) is 4.35. The van der Waals surface area contributed by atoms with Crippen molar-refractivity contribution in [2.45, 2.75) is 25.3 Å². The minimum absolute atomic E-state index is 0.136. The number of nitrogens with zero attached hydrogens (tertiary/aromatic N) is 2. The summed E-state index contributed by atoms with van der Waals surface area (Å²) < 4.78 is 0. The maximum absolute atomic E-state index is 11.9. The van der Waals surface area contributed by atoms with Crippen LogP contribution in [-0.4, -0.2) is 28.5 Å². The number of hydrogen-bond acceptors (Lipinski definition) is 4. The number of carbonyl (C=O) groups is 1. The summed E-state index contributed by atoms with van der Waals surface area (Å²) in [6.45, 7) is 0.709. The molecule has 0 unspecified atom stereocenters. The summed E-state index contributed by atoms with van der Waals surface area (Å²) >= 11 is 5.96. The zero-order valence-corrected chi connectivity index (χ0v) is 12.8. The topological polar surface area (TPSA) is 66.9 Å². The van der Waals surface area contributed by atoms with Gasteiger partial charge in [-0.2, -0.15) is 0 Å². The number of benzene rings is 1. The Morgan fingerprint density at radius 3 is 2.91 bits per heavy atom. The molecule has 1 aliphatic carbocycles. The lowest BCUT2D eigenvalue weighted by molar-refractivity contribution is 0.0946. The van der Waals surface area contributed by atoms with Gasteiger partial charge in [0.05, 0.1) is 0 Å². The molecular weight excluding hydrogens is 300 g/mol. The van der Waals surface area contributed by atoms with Crippen molar-refractivity contribution in [1.29, 1.82) is 0 Å². The molecule has 1 aromatic carbocycles. The molecule has 22 heavy (non-hydrogen) atoms. The molecule has 1 saturated carbocycles. The average Bonchev–Trinajstić information content (AvgIpc) is 3.32. The van der Waals surface area contributed by atoms with Gasteiger partial charge in [-0.1, -0.05) is 23.7 Å². The molecule has 1 heterocycles. The number of hydrogen-bond donors (Lipinski definition) is 2. The molecule has 3 rings (SSSR count). The van der Waals surface area contributed by atoms with Crippen molar-refractivity contribution >= 4 is 23.3 Å². The fourth-order valence-electron chi connectivity index (χ4n) is 2.09. The van der Waals surface area contributed by atoms with Crippen LogP contribution >= 0.6 is 11.6 Å². The van der Waals surface area contributed by atoms with Gasteiger partial charge in [0.25, 0.3) is 5.91 Å². The molecule has 2 aromatic rings. The number of nitrogens with one attached hydrogen (secondary N) is 2. The van der Waals surface area contributed by atoms with Crippen molar-refractivity contribution in [3.05, 3.63) is 52.9 Å². The molecule has 6 heteroatoms. The second kappa shape index (κ2) is 6.75. The van der Waals surface area contributed by atoms with Gasteiger partial charge >= 0.3 is 0 Å². The zero-order valence-electron chi connectivity index (χ0n) is 12.1. The summed E-state index contributed by atoms with van der Waals surface area (Å²) in [6, 6.07) is 9.76. The first-order valence-electron chi connectivity index (χ1n) is 7.32. The lowest BCUT2D eigenvalue weighted by Crippen LogP contribution is -2.26. The smallest absolute Gasteiger partial charge is 0.270 e. The second-order valence-corrected chi connectivity index (χ2v) is 5.78. The van der Waals surface area contributed by atoms with Gasteiger partial charge in [0.15, 0.2) is 0 Å². The Morgan fingerprint density at radius 1 is 1.27 bits per heavy atom. The molecule has 0 atom stereocenters. The molecule has 1 amide bonds. The van der Waals surface area contributed by atoms with Crippen molar-refractivity contribution in [3.8, 4) is 0 Å². The Labute approximate surface area is 134 Å². The fourth-order valence-corrected chi connectivity index (χ4v) is 2.31. The van der Waals surface area contributed by atoms with Crippen LogP contribution in [0.1, 0.15) is 28.9 Å². The quantitative estimate of drug-likeness (QED) is 0.860. The highest BCUT2D eigenvalue weighted by molar-refractivity contribution is 6.30. The van der Waals surface area contributed by atoms with Gasteiger partial charge < -0.3 is 10.6 Å². The minimum Gasteiger partial charge on any atom is -0.370 e. The van der Waals surface area contributed by atoms with E-state index in [0.29, 0.717) is 24.1 Å². The van der Waals surface area contributed by atoms with Crippen molar-refractivity contribution < 1.29 is 4.79 Å². The van der Waals surface area contributed by atoms with Crippen molar-refractivity contribution in [3.63, 3.8) is 0 Å². The van der Waals surface area contributed by atoms with Gasteiger partial charge in [-0.15, -0.1) is 0 Å². The molecule has 1 aromatic heterocycles. The molecule has 0 radical (unpaired) electrons. The summed E-state index contributed by atoms with van der Waals surface area (Å²) in [5.74, 6) is 0.515. The monoisotopic (exact) mass is 316 g/mol. The Hall–Kier alpha value is -2.14. The Balaban J connectivity index is 1.54. The van der Waals surface area contributed by atoms with Crippen LogP contribution in [0.2, 0.25) is 5.02 Å². The molecule has 5 nitrogen and oxygen atoms in total. The van der Waals surface area contributed by atoms with Crippen LogP contribution in [0.5, 0.6) is 0 Å². The van der Waals surface area contributed by atoms with Gasteiger partial charge in [0, 0.05) is 23.7 Å². The first kappa shape index (κ1) is 14.8. The molecule has 0 spiro atoms. The third-order valence-corrected chi connectivity index (χ3v) is 3.66. The number of amides is 1. The molecule has 2 N–H and O–H groups in total. The number of halogens is 1. The van der Waals surface area contributed by atoms with Crippen molar-refractivity contribution in [1.82, 2.24) is 15.3 Å². The lowest BCUT2D eigenvalue weighted by Gasteiger charge is -2.07. The molecular formula is C16H17ClN4O. The van der Waals surface area contributed by atoms with E-state index < -0.39 is 0 Å². The number of rotatable bonds is 6. The number of anilines is 1. The Bertz CT molecular complexity index is 673. The summed E-state index contributed by atoms with van der Waals surface area (Å²) in [4.78, 5) is 20.1. The van der Waals surface area contributed by atoms with E-state index in [9.17, 15) is 4.79 Å². The summed E-state index contributed by atoms with van der Waals surface area (Å²) in [5.41, 5.74) is 1.55. The van der Waals surface area contributed by atoms with Crippen LogP contribution < -0.4 is 10.6 Å². The normalized spacial score (nSPS) is 13.7. The summed E-state index contributed by atoms with van der Waals surface area (Å²) in [7, 11) is 0. The van der Waals surface area contributed by atoms with Gasteiger partial charge in [-0.05, 0) is 37.0 Å². The van der Waals surface area contributed by atoms with Crippen molar-refractivity contribution in [2.75, 3.05) is 11.9 Å². The minimum atomic E-state index is -0.136. The molecule has 0 saturated heterocycles. The maximum Gasteiger partial charge on any atom is 0.270 e. The van der Waals surface area contributed by atoms with E-state index in [2.05, 4.69) is 20.6 Å². The molecule has 0 aliphatic heterocycles. The van der Waals surface area contributed by atoms with Crippen LogP contribution in [0.4, 0.5) is 5.82 Å². The van der Waals surface area contributed by atoms with Crippen LogP contribution in [0.25, 0.3) is 0 Å². The average molecular weight is 317 g/mol. The highest BCUT2D eigenvalue weighted by atomic mass is 35.5. The molecule has 1 aliphatic rings. The van der Waals surface area contributed by atoms with Gasteiger partial charge in [0.2, 0.25) is 0 Å². The van der Waals surface area contributed by atoms with Crippen LogP contribution in [0, 0.1) is 0 Å². The predicted octanol–water partition coefficient (Wildman–Crippen LogP) is 2.68. The predicted molar refractivity (Wildman–Crippen MR) is 86.2 cm³/mol. The van der Waals surface area contributed by atoms with Crippen LogP contribution in [0.15, 0.2) is 36.7 Å².